The molecule has 3 rings (SSSR count). The van der Waals surface area contributed by atoms with Gasteiger partial charge in [-0.15, -0.1) is 0 Å². The quantitative estimate of drug-likeness (QED) is 0.770. The van der Waals surface area contributed by atoms with Gasteiger partial charge >= 0.3 is 5.97 Å². The van der Waals surface area contributed by atoms with E-state index >= 15 is 0 Å². The Kier molecular flexibility index (Phi) is 3.54. The summed E-state index contributed by atoms with van der Waals surface area (Å²) < 4.78 is 1.98. The van der Waals surface area contributed by atoms with Crippen molar-refractivity contribution < 1.29 is 15.0 Å². The summed E-state index contributed by atoms with van der Waals surface area (Å²) in [6.45, 7) is 1.88. The lowest BCUT2D eigenvalue weighted by atomic mass is 10.1. The largest absolute Gasteiger partial charge is 0.508 e. The molecule has 4 nitrogen and oxygen atoms in total. The Balaban J connectivity index is 2.32. The fourth-order valence-electron chi connectivity index (χ4n) is 2.77. The predicted molar refractivity (Wildman–Crippen MR) is 86.0 cm³/mol. The number of carbonyl (C=O) groups is 1. The van der Waals surface area contributed by atoms with Gasteiger partial charge in [-0.2, -0.15) is 0 Å². The van der Waals surface area contributed by atoms with Crippen molar-refractivity contribution in [1.29, 1.82) is 0 Å². The second-order valence-electron chi connectivity index (χ2n) is 5.15. The molecule has 0 aliphatic rings. The van der Waals surface area contributed by atoms with Crippen LogP contribution in [0.3, 0.4) is 0 Å². The average molecular weight is 316 g/mol. The number of aromatic hydroxyl groups is 1. The van der Waals surface area contributed by atoms with Crippen molar-refractivity contribution in [3.05, 3.63) is 58.7 Å². The van der Waals surface area contributed by atoms with Gasteiger partial charge < -0.3 is 14.8 Å². The highest BCUT2D eigenvalue weighted by Crippen LogP contribution is 2.32. The Morgan fingerprint density at radius 2 is 1.86 bits per heavy atom. The Hall–Kier alpha value is -2.46. The van der Waals surface area contributed by atoms with E-state index < -0.39 is 5.97 Å². The van der Waals surface area contributed by atoms with Crippen LogP contribution in [-0.4, -0.2) is 20.7 Å². The van der Waals surface area contributed by atoms with Crippen molar-refractivity contribution >= 4 is 28.5 Å². The monoisotopic (exact) mass is 315 g/mol. The van der Waals surface area contributed by atoms with E-state index in [1.807, 2.05) is 23.6 Å². The minimum atomic E-state index is -0.901. The smallest absolute Gasteiger partial charge is 0.307 e. The number of hydrogen-bond acceptors (Lipinski definition) is 2. The number of rotatable bonds is 3. The first-order valence-corrected chi connectivity index (χ1v) is 7.16. The van der Waals surface area contributed by atoms with Crippen LogP contribution in [0.1, 0.15) is 11.3 Å². The Morgan fingerprint density at radius 1 is 1.18 bits per heavy atom. The highest BCUT2D eigenvalue weighted by Gasteiger charge is 2.17. The van der Waals surface area contributed by atoms with Crippen molar-refractivity contribution in [3.63, 3.8) is 0 Å². The highest BCUT2D eigenvalue weighted by molar-refractivity contribution is 6.30. The second kappa shape index (κ2) is 5.39. The van der Waals surface area contributed by atoms with Crippen LogP contribution in [0.4, 0.5) is 0 Å². The second-order valence-corrected chi connectivity index (χ2v) is 5.58. The number of carboxylic acids is 1. The molecule has 0 atom stereocenters. The average Bonchev–Trinajstić information content (AvgIpc) is 2.72. The first-order valence-electron chi connectivity index (χ1n) is 6.78. The van der Waals surface area contributed by atoms with Gasteiger partial charge in [-0.05, 0) is 55.0 Å². The lowest BCUT2D eigenvalue weighted by Crippen LogP contribution is -2.02. The van der Waals surface area contributed by atoms with E-state index in [0.717, 1.165) is 22.3 Å². The molecule has 5 heteroatoms. The number of benzene rings is 2. The molecule has 1 heterocycles. The Morgan fingerprint density at radius 3 is 2.50 bits per heavy atom. The minimum Gasteiger partial charge on any atom is -0.508 e. The zero-order valence-corrected chi connectivity index (χ0v) is 12.6. The summed E-state index contributed by atoms with van der Waals surface area (Å²) in [4.78, 5) is 11.2. The number of hydrogen-bond donors (Lipinski definition) is 2. The number of phenols is 1. The molecule has 0 aliphatic heterocycles. The van der Waals surface area contributed by atoms with E-state index in [0.29, 0.717) is 10.6 Å². The van der Waals surface area contributed by atoms with E-state index in [-0.39, 0.29) is 12.2 Å². The van der Waals surface area contributed by atoms with Gasteiger partial charge in [0.2, 0.25) is 0 Å². The minimum absolute atomic E-state index is 0.0909. The van der Waals surface area contributed by atoms with E-state index in [1.165, 1.54) is 0 Å². The highest BCUT2D eigenvalue weighted by atomic mass is 35.5. The van der Waals surface area contributed by atoms with Crippen LogP contribution in [0.2, 0.25) is 5.02 Å². The molecule has 0 spiro atoms. The first-order chi connectivity index (χ1) is 10.5. The molecule has 0 aliphatic carbocycles. The molecule has 0 unspecified atom stereocenters. The molecule has 0 fully saturated rings. The van der Waals surface area contributed by atoms with E-state index in [9.17, 15) is 9.90 Å². The molecular formula is C17H14ClNO3. The number of aromatic nitrogens is 1. The summed E-state index contributed by atoms with van der Waals surface area (Å²) in [6, 6.07) is 12.3. The summed E-state index contributed by atoms with van der Waals surface area (Å²) >= 11 is 5.93. The zero-order chi connectivity index (χ0) is 15.9. The van der Waals surface area contributed by atoms with Crippen molar-refractivity contribution in [2.24, 2.45) is 0 Å². The molecule has 2 aromatic carbocycles. The molecule has 1 aromatic heterocycles. The van der Waals surface area contributed by atoms with Crippen LogP contribution in [0.5, 0.6) is 5.75 Å². The van der Waals surface area contributed by atoms with Crippen LogP contribution in [0.15, 0.2) is 42.5 Å². The van der Waals surface area contributed by atoms with Gasteiger partial charge in [-0.1, -0.05) is 11.6 Å². The standard InChI is InChI=1S/C17H14ClNO3/c1-10-14(9-17(21)22)15-8-13(20)6-7-16(15)19(10)12-4-2-11(18)3-5-12/h2-8,20H,9H2,1H3,(H,21,22). The van der Waals surface area contributed by atoms with Gasteiger partial charge in [-0.3, -0.25) is 4.79 Å². The number of halogens is 1. The molecule has 3 aromatic rings. The predicted octanol–water partition coefficient (Wildman–Crippen LogP) is 3.93. The number of carboxylic acid groups (broad SMARTS) is 1. The fraction of sp³-hybridized carbons (Fsp3) is 0.118. The van der Waals surface area contributed by atoms with E-state index in [4.69, 9.17) is 16.7 Å². The SMILES string of the molecule is Cc1c(CC(=O)O)c2cc(O)ccc2n1-c1ccc(Cl)cc1. The molecule has 0 saturated carbocycles. The molecule has 0 saturated heterocycles. The van der Waals surface area contributed by atoms with Crippen molar-refractivity contribution in [2.45, 2.75) is 13.3 Å². The molecule has 2 N–H and O–H groups in total. The van der Waals surface area contributed by atoms with Gasteiger partial charge in [0.05, 0.1) is 11.9 Å². The first kappa shape index (κ1) is 14.5. The van der Waals surface area contributed by atoms with Crippen LogP contribution < -0.4 is 0 Å². The van der Waals surface area contributed by atoms with Crippen LogP contribution in [-0.2, 0) is 11.2 Å². The van der Waals surface area contributed by atoms with Crippen LogP contribution in [0, 0.1) is 6.92 Å². The van der Waals surface area contributed by atoms with Gasteiger partial charge in [-0.25, -0.2) is 0 Å². The summed E-state index contributed by atoms with van der Waals surface area (Å²) in [5, 5.41) is 20.3. The molecule has 0 radical (unpaired) electrons. The van der Waals surface area contributed by atoms with Gasteiger partial charge in [0, 0.05) is 21.8 Å². The van der Waals surface area contributed by atoms with E-state index in [2.05, 4.69) is 0 Å². The molecule has 22 heavy (non-hydrogen) atoms. The fourth-order valence-corrected chi connectivity index (χ4v) is 2.89. The summed E-state index contributed by atoms with van der Waals surface area (Å²) in [6.07, 6.45) is -0.0909. The van der Waals surface area contributed by atoms with E-state index in [1.54, 1.807) is 30.3 Å². The maximum atomic E-state index is 11.2. The Bertz CT molecular complexity index is 866. The third-order valence-electron chi connectivity index (χ3n) is 3.73. The molecule has 0 bridgehead atoms. The number of phenolic OH excluding ortho intramolecular Hbond substituents is 1. The summed E-state index contributed by atoms with van der Waals surface area (Å²) in [5.41, 5.74) is 3.29. The van der Waals surface area contributed by atoms with Gasteiger partial charge in [0.25, 0.3) is 0 Å². The lowest BCUT2D eigenvalue weighted by molar-refractivity contribution is -0.136. The maximum Gasteiger partial charge on any atom is 0.307 e. The van der Waals surface area contributed by atoms with Crippen LogP contribution in [0.25, 0.3) is 16.6 Å². The zero-order valence-electron chi connectivity index (χ0n) is 11.9. The third kappa shape index (κ3) is 2.42. The van der Waals surface area contributed by atoms with Crippen molar-refractivity contribution in [2.75, 3.05) is 0 Å². The number of fused-ring (bicyclic) bond motifs is 1. The van der Waals surface area contributed by atoms with Crippen LogP contribution >= 0.6 is 11.6 Å². The lowest BCUT2D eigenvalue weighted by Gasteiger charge is -2.09. The summed E-state index contributed by atoms with van der Waals surface area (Å²) in [5.74, 6) is -0.783. The maximum absolute atomic E-state index is 11.2. The summed E-state index contributed by atoms with van der Waals surface area (Å²) in [7, 11) is 0. The normalized spacial score (nSPS) is 11.0. The third-order valence-corrected chi connectivity index (χ3v) is 3.98. The molecule has 112 valence electrons. The number of nitrogens with zero attached hydrogens (tertiary/aromatic N) is 1. The van der Waals surface area contributed by atoms with Gasteiger partial charge in [0.15, 0.2) is 0 Å². The Labute approximate surface area is 132 Å². The van der Waals surface area contributed by atoms with Gasteiger partial charge in [0.1, 0.15) is 5.75 Å². The molecular weight excluding hydrogens is 302 g/mol. The topological polar surface area (TPSA) is 62.5 Å². The van der Waals surface area contributed by atoms with Crippen molar-refractivity contribution in [3.8, 4) is 11.4 Å². The number of aliphatic carboxylic acids is 1. The van der Waals surface area contributed by atoms with Crippen molar-refractivity contribution in [1.82, 2.24) is 4.57 Å². The molecule has 0 amide bonds.